The van der Waals surface area contributed by atoms with Crippen LogP contribution in [0.3, 0.4) is 0 Å². The minimum Gasteiger partial charge on any atom is -0.465 e. The molecular formula is C16H19N5O3. The summed E-state index contributed by atoms with van der Waals surface area (Å²) < 4.78 is 6.52. The lowest BCUT2D eigenvalue weighted by Gasteiger charge is -2.29. The first-order valence-corrected chi connectivity index (χ1v) is 7.85. The van der Waals surface area contributed by atoms with Gasteiger partial charge in [-0.15, -0.1) is 0 Å². The van der Waals surface area contributed by atoms with E-state index in [1.807, 2.05) is 4.68 Å². The van der Waals surface area contributed by atoms with E-state index in [0.29, 0.717) is 11.6 Å². The number of ether oxygens (including phenoxy) is 1. The van der Waals surface area contributed by atoms with Gasteiger partial charge in [-0.3, -0.25) is 9.78 Å². The van der Waals surface area contributed by atoms with E-state index < -0.39 is 5.97 Å². The molecule has 1 saturated carbocycles. The lowest BCUT2D eigenvalue weighted by molar-refractivity contribution is 0.0600. The van der Waals surface area contributed by atoms with Gasteiger partial charge in [0.05, 0.1) is 24.3 Å². The van der Waals surface area contributed by atoms with E-state index in [2.05, 4.69) is 25.1 Å². The van der Waals surface area contributed by atoms with E-state index in [4.69, 9.17) is 0 Å². The number of aromatic nitrogens is 4. The monoisotopic (exact) mass is 329 g/mol. The molecular weight excluding hydrogens is 310 g/mol. The van der Waals surface area contributed by atoms with Crippen LogP contribution in [-0.4, -0.2) is 44.8 Å². The van der Waals surface area contributed by atoms with Crippen LogP contribution >= 0.6 is 0 Å². The van der Waals surface area contributed by atoms with Crippen molar-refractivity contribution in [2.75, 3.05) is 7.11 Å². The number of pyridine rings is 1. The molecule has 8 heteroatoms. The number of hydrogen-bond acceptors (Lipinski definition) is 6. The molecule has 0 bridgehead atoms. The molecule has 1 aliphatic rings. The molecule has 1 N–H and O–H groups in total. The summed E-state index contributed by atoms with van der Waals surface area (Å²) in [7, 11) is 1.29. The zero-order valence-corrected chi connectivity index (χ0v) is 13.4. The zero-order chi connectivity index (χ0) is 16.9. The van der Waals surface area contributed by atoms with Gasteiger partial charge in [-0.2, -0.15) is 5.10 Å². The van der Waals surface area contributed by atoms with Crippen molar-refractivity contribution in [3.8, 4) is 0 Å². The van der Waals surface area contributed by atoms with Crippen LogP contribution in [-0.2, 0) is 4.74 Å². The topological polar surface area (TPSA) is 99.0 Å². The molecule has 2 aromatic rings. The quantitative estimate of drug-likeness (QED) is 0.851. The number of esters is 1. The Morgan fingerprint density at radius 1 is 1.17 bits per heavy atom. The van der Waals surface area contributed by atoms with Crippen molar-refractivity contribution in [1.29, 1.82) is 0 Å². The molecule has 126 valence electrons. The van der Waals surface area contributed by atoms with Gasteiger partial charge in [0.25, 0.3) is 5.91 Å². The maximum atomic E-state index is 12.4. The van der Waals surface area contributed by atoms with E-state index >= 15 is 0 Å². The fourth-order valence-corrected chi connectivity index (χ4v) is 2.95. The molecule has 1 amide bonds. The predicted molar refractivity (Wildman–Crippen MR) is 84.4 cm³/mol. The van der Waals surface area contributed by atoms with Crippen molar-refractivity contribution in [3.63, 3.8) is 0 Å². The van der Waals surface area contributed by atoms with Gasteiger partial charge in [0.1, 0.15) is 12.7 Å². The molecule has 0 unspecified atom stereocenters. The van der Waals surface area contributed by atoms with Gasteiger partial charge in [-0.1, -0.05) is 0 Å². The molecule has 2 heterocycles. The van der Waals surface area contributed by atoms with Crippen LogP contribution in [0.15, 0.2) is 31.1 Å². The van der Waals surface area contributed by atoms with E-state index in [-0.39, 0.29) is 17.5 Å². The normalized spacial score (nSPS) is 20.4. The highest BCUT2D eigenvalue weighted by Crippen LogP contribution is 2.27. The Bertz CT molecular complexity index is 708. The lowest BCUT2D eigenvalue weighted by atomic mass is 9.91. The minimum atomic E-state index is -0.509. The van der Waals surface area contributed by atoms with Crippen molar-refractivity contribution >= 4 is 11.9 Å². The van der Waals surface area contributed by atoms with Gasteiger partial charge in [-0.05, 0) is 31.7 Å². The maximum absolute atomic E-state index is 12.4. The minimum absolute atomic E-state index is 0.110. The second-order valence-electron chi connectivity index (χ2n) is 5.81. The molecule has 1 fully saturated rings. The zero-order valence-electron chi connectivity index (χ0n) is 13.4. The third kappa shape index (κ3) is 3.58. The number of carbonyl (C=O) groups excluding carboxylic acids is 2. The summed E-state index contributed by atoms with van der Waals surface area (Å²) >= 11 is 0. The van der Waals surface area contributed by atoms with E-state index in [0.717, 1.165) is 25.7 Å². The largest absolute Gasteiger partial charge is 0.465 e. The number of nitrogens with one attached hydrogen (secondary N) is 1. The summed E-state index contributed by atoms with van der Waals surface area (Å²) in [5, 5.41) is 7.18. The smallest absolute Gasteiger partial charge is 0.339 e. The number of hydrogen-bond donors (Lipinski definition) is 1. The fraction of sp³-hybridized carbons (Fsp3) is 0.438. The van der Waals surface area contributed by atoms with E-state index in [1.54, 1.807) is 6.33 Å². The third-order valence-corrected chi connectivity index (χ3v) is 4.26. The molecule has 0 aromatic carbocycles. The number of nitrogens with zero attached hydrogens (tertiary/aromatic N) is 4. The Kier molecular flexibility index (Phi) is 4.83. The average molecular weight is 329 g/mol. The van der Waals surface area contributed by atoms with Gasteiger partial charge in [0, 0.05) is 18.4 Å². The molecule has 0 saturated heterocycles. The van der Waals surface area contributed by atoms with Gasteiger partial charge >= 0.3 is 5.97 Å². The Labute approximate surface area is 139 Å². The van der Waals surface area contributed by atoms with Crippen LogP contribution in [0.1, 0.15) is 52.4 Å². The Morgan fingerprint density at radius 2 is 1.92 bits per heavy atom. The summed E-state index contributed by atoms with van der Waals surface area (Å²) in [4.78, 5) is 31.8. The van der Waals surface area contributed by atoms with Gasteiger partial charge in [0.15, 0.2) is 0 Å². The molecule has 24 heavy (non-hydrogen) atoms. The van der Waals surface area contributed by atoms with Crippen LogP contribution in [0, 0.1) is 0 Å². The van der Waals surface area contributed by atoms with Crippen LogP contribution in [0.4, 0.5) is 0 Å². The Morgan fingerprint density at radius 3 is 2.58 bits per heavy atom. The van der Waals surface area contributed by atoms with Crippen molar-refractivity contribution in [3.05, 3.63) is 42.2 Å². The molecule has 2 aromatic heterocycles. The number of methoxy groups -OCH3 is 1. The predicted octanol–water partition coefficient (Wildman–Crippen LogP) is 1.37. The van der Waals surface area contributed by atoms with Crippen molar-refractivity contribution in [2.24, 2.45) is 0 Å². The highest BCUT2D eigenvalue weighted by atomic mass is 16.5. The van der Waals surface area contributed by atoms with Crippen LogP contribution in [0.5, 0.6) is 0 Å². The number of amides is 1. The van der Waals surface area contributed by atoms with Crippen molar-refractivity contribution < 1.29 is 14.3 Å². The SMILES string of the molecule is COC(=O)c1cncc(C(=O)NC2CCC(n3cncn3)CC2)c1. The lowest BCUT2D eigenvalue weighted by Crippen LogP contribution is -2.38. The summed E-state index contributed by atoms with van der Waals surface area (Å²) in [5.41, 5.74) is 0.622. The summed E-state index contributed by atoms with van der Waals surface area (Å²) in [6.45, 7) is 0. The first-order valence-electron chi connectivity index (χ1n) is 7.85. The van der Waals surface area contributed by atoms with E-state index in [1.165, 1.54) is 31.9 Å². The first-order chi connectivity index (χ1) is 11.7. The van der Waals surface area contributed by atoms with Crippen molar-refractivity contribution in [1.82, 2.24) is 25.1 Å². The van der Waals surface area contributed by atoms with Crippen LogP contribution < -0.4 is 5.32 Å². The summed E-state index contributed by atoms with van der Waals surface area (Å²) in [5.74, 6) is -0.733. The van der Waals surface area contributed by atoms with Gasteiger partial charge in [0.2, 0.25) is 0 Å². The molecule has 1 aliphatic carbocycles. The number of rotatable bonds is 4. The van der Waals surface area contributed by atoms with Gasteiger partial charge < -0.3 is 10.1 Å². The molecule has 0 radical (unpaired) electrons. The van der Waals surface area contributed by atoms with Gasteiger partial charge in [-0.25, -0.2) is 14.5 Å². The van der Waals surface area contributed by atoms with Crippen molar-refractivity contribution in [2.45, 2.75) is 37.8 Å². The maximum Gasteiger partial charge on any atom is 0.339 e. The number of carbonyl (C=O) groups is 2. The summed E-state index contributed by atoms with van der Waals surface area (Å²) in [6, 6.07) is 1.94. The average Bonchev–Trinajstić information content (AvgIpc) is 3.16. The molecule has 0 atom stereocenters. The first kappa shape index (κ1) is 16.1. The van der Waals surface area contributed by atoms with E-state index in [9.17, 15) is 9.59 Å². The highest BCUT2D eigenvalue weighted by Gasteiger charge is 2.24. The fourth-order valence-electron chi connectivity index (χ4n) is 2.95. The van der Waals surface area contributed by atoms with Crippen LogP contribution in [0.2, 0.25) is 0 Å². The Hall–Kier alpha value is -2.77. The molecule has 0 spiro atoms. The second kappa shape index (κ2) is 7.20. The molecule has 3 rings (SSSR count). The summed E-state index contributed by atoms with van der Waals surface area (Å²) in [6.07, 6.45) is 9.72. The molecule has 8 nitrogen and oxygen atoms in total. The standard InChI is InChI=1S/C16H19N5O3/c1-24-16(23)12-6-11(7-17-8-12)15(22)20-13-2-4-14(5-3-13)21-10-18-9-19-21/h6-10,13-14H,2-5H2,1H3,(H,20,22). The molecule has 0 aliphatic heterocycles. The Balaban J connectivity index is 1.57. The highest BCUT2D eigenvalue weighted by molar-refractivity contribution is 5.97. The third-order valence-electron chi connectivity index (χ3n) is 4.26. The van der Waals surface area contributed by atoms with Crippen LogP contribution in [0.25, 0.3) is 0 Å². The second-order valence-corrected chi connectivity index (χ2v) is 5.81.